The molecule has 1 amide bonds. The lowest BCUT2D eigenvalue weighted by Gasteiger charge is -2.29. The smallest absolute Gasteiger partial charge is 0.234 e. The summed E-state index contributed by atoms with van der Waals surface area (Å²) in [7, 11) is 0. The first-order valence-electron chi connectivity index (χ1n) is 6.60. The van der Waals surface area contributed by atoms with Gasteiger partial charge < -0.3 is 11.1 Å². The van der Waals surface area contributed by atoms with Crippen molar-refractivity contribution in [2.45, 2.75) is 37.0 Å². The summed E-state index contributed by atoms with van der Waals surface area (Å²) in [5, 5.41) is 3.70. The molecule has 0 aliphatic carbocycles. The van der Waals surface area contributed by atoms with E-state index < -0.39 is 0 Å². The van der Waals surface area contributed by atoms with Crippen LogP contribution >= 0.6 is 11.8 Å². The van der Waals surface area contributed by atoms with E-state index in [1.807, 2.05) is 11.8 Å². The monoisotopic (exact) mass is 257 g/mol. The first kappa shape index (κ1) is 13.2. The molecule has 17 heavy (non-hydrogen) atoms. The average Bonchev–Trinajstić information content (AvgIpc) is 2.83. The summed E-state index contributed by atoms with van der Waals surface area (Å²) in [5.74, 6) is 1.43. The fourth-order valence-electron chi connectivity index (χ4n) is 2.40. The molecule has 0 saturated carbocycles. The van der Waals surface area contributed by atoms with Crippen LogP contribution in [0.4, 0.5) is 0 Å². The van der Waals surface area contributed by atoms with Crippen LogP contribution in [0.1, 0.15) is 25.7 Å². The van der Waals surface area contributed by atoms with Crippen LogP contribution in [0.5, 0.6) is 0 Å². The Kier molecular flexibility index (Phi) is 5.13. The summed E-state index contributed by atoms with van der Waals surface area (Å²) in [6.07, 6.45) is 4.59. The van der Waals surface area contributed by atoms with Crippen molar-refractivity contribution in [1.82, 2.24) is 10.2 Å². The first-order valence-corrected chi connectivity index (χ1v) is 7.65. The van der Waals surface area contributed by atoms with Crippen LogP contribution < -0.4 is 11.1 Å². The Hall–Kier alpha value is -0.260. The Morgan fingerprint density at radius 2 is 2.12 bits per heavy atom. The van der Waals surface area contributed by atoms with Crippen molar-refractivity contribution in [1.29, 1.82) is 0 Å². The van der Waals surface area contributed by atoms with Gasteiger partial charge in [0.05, 0.1) is 6.54 Å². The van der Waals surface area contributed by atoms with Gasteiger partial charge in [0.2, 0.25) is 5.91 Å². The van der Waals surface area contributed by atoms with E-state index in [4.69, 9.17) is 5.73 Å². The summed E-state index contributed by atoms with van der Waals surface area (Å²) < 4.78 is 0. The van der Waals surface area contributed by atoms with Crippen LogP contribution in [0.3, 0.4) is 0 Å². The number of rotatable bonds is 4. The zero-order chi connectivity index (χ0) is 12.1. The van der Waals surface area contributed by atoms with Crippen molar-refractivity contribution < 1.29 is 4.79 Å². The molecule has 0 spiro atoms. The van der Waals surface area contributed by atoms with Gasteiger partial charge in [0.1, 0.15) is 0 Å². The lowest BCUT2D eigenvalue weighted by atomic mass is 10.1. The number of hydrogen-bond donors (Lipinski definition) is 2. The fourth-order valence-corrected chi connectivity index (χ4v) is 3.60. The van der Waals surface area contributed by atoms with Crippen molar-refractivity contribution in [3.8, 4) is 0 Å². The molecular formula is C12H23N3OS. The van der Waals surface area contributed by atoms with E-state index >= 15 is 0 Å². The maximum absolute atomic E-state index is 11.8. The predicted molar refractivity (Wildman–Crippen MR) is 72.1 cm³/mol. The molecule has 98 valence electrons. The number of nitrogens with one attached hydrogen (secondary N) is 1. The minimum absolute atomic E-state index is 0.174. The normalized spacial score (nSPS) is 27.2. The van der Waals surface area contributed by atoms with Crippen LogP contribution in [0.15, 0.2) is 0 Å². The first-order chi connectivity index (χ1) is 8.24. The third kappa shape index (κ3) is 4.48. The van der Waals surface area contributed by atoms with E-state index in [0.29, 0.717) is 17.8 Å². The van der Waals surface area contributed by atoms with Crippen molar-refractivity contribution in [2.75, 3.05) is 31.9 Å². The summed E-state index contributed by atoms with van der Waals surface area (Å²) in [6, 6.07) is 0.337. The van der Waals surface area contributed by atoms with Gasteiger partial charge in [-0.1, -0.05) is 0 Å². The van der Waals surface area contributed by atoms with Gasteiger partial charge in [-0.25, -0.2) is 0 Å². The Bertz CT molecular complexity index is 248. The molecule has 0 radical (unpaired) electrons. The molecule has 0 aromatic rings. The van der Waals surface area contributed by atoms with Crippen molar-refractivity contribution in [3.05, 3.63) is 0 Å². The molecule has 0 aromatic carbocycles. The summed E-state index contributed by atoms with van der Waals surface area (Å²) in [5.41, 5.74) is 5.84. The minimum Gasteiger partial charge on any atom is -0.354 e. The number of nitrogens with two attached hydrogens (primary N) is 1. The molecule has 4 nitrogen and oxygen atoms in total. The van der Waals surface area contributed by atoms with Crippen molar-refractivity contribution >= 4 is 17.7 Å². The number of thioether (sulfide) groups is 1. The zero-order valence-electron chi connectivity index (χ0n) is 10.4. The number of nitrogens with zero attached hydrogens (tertiary/aromatic N) is 1. The quantitative estimate of drug-likeness (QED) is 0.766. The van der Waals surface area contributed by atoms with E-state index in [9.17, 15) is 4.79 Å². The van der Waals surface area contributed by atoms with Crippen LogP contribution in [0, 0.1) is 0 Å². The van der Waals surface area contributed by atoms with E-state index in [2.05, 4.69) is 10.2 Å². The molecule has 2 aliphatic heterocycles. The van der Waals surface area contributed by atoms with Gasteiger partial charge in [0.25, 0.3) is 0 Å². The van der Waals surface area contributed by atoms with Gasteiger partial charge in [-0.05, 0) is 31.4 Å². The largest absolute Gasteiger partial charge is 0.354 e. The second-order valence-electron chi connectivity index (χ2n) is 5.05. The topological polar surface area (TPSA) is 58.4 Å². The number of hydrogen-bond acceptors (Lipinski definition) is 4. The Morgan fingerprint density at radius 3 is 2.76 bits per heavy atom. The lowest BCUT2D eigenvalue weighted by molar-refractivity contribution is -0.122. The van der Waals surface area contributed by atoms with Gasteiger partial charge in [-0.2, -0.15) is 11.8 Å². The number of piperidine rings is 1. The van der Waals surface area contributed by atoms with Gasteiger partial charge in [0, 0.05) is 30.9 Å². The molecule has 1 atom stereocenters. The van der Waals surface area contributed by atoms with Crippen LogP contribution in [-0.4, -0.2) is 54.0 Å². The molecule has 0 bridgehead atoms. The SMILES string of the molecule is NC1CCN(CC(=O)NCC2CCCS2)CC1. The number of likely N-dealkylation sites (tertiary alicyclic amines) is 1. The number of amides is 1. The highest BCUT2D eigenvalue weighted by Gasteiger charge is 2.19. The molecule has 2 fully saturated rings. The number of carbonyl (C=O) groups excluding carboxylic acids is 1. The molecule has 0 aromatic heterocycles. The molecule has 2 heterocycles. The predicted octanol–water partition coefficient (Wildman–Crippen LogP) is 0.421. The maximum Gasteiger partial charge on any atom is 0.234 e. The highest BCUT2D eigenvalue weighted by molar-refractivity contribution is 8.00. The maximum atomic E-state index is 11.8. The summed E-state index contributed by atoms with van der Waals surface area (Å²) in [4.78, 5) is 14.0. The average molecular weight is 257 g/mol. The molecule has 1 unspecified atom stereocenters. The third-order valence-electron chi connectivity index (χ3n) is 3.55. The zero-order valence-corrected chi connectivity index (χ0v) is 11.2. The highest BCUT2D eigenvalue weighted by Crippen LogP contribution is 2.25. The Balaban J connectivity index is 1.60. The van der Waals surface area contributed by atoms with Gasteiger partial charge in [-0.3, -0.25) is 9.69 Å². The Labute approximate surface area is 108 Å². The lowest BCUT2D eigenvalue weighted by Crippen LogP contribution is -2.45. The molecular weight excluding hydrogens is 234 g/mol. The molecule has 2 rings (SSSR count). The van der Waals surface area contributed by atoms with Crippen LogP contribution in [0.2, 0.25) is 0 Å². The van der Waals surface area contributed by atoms with Crippen LogP contribution in [-0.2, 0) is 4.79 Å². The fraction of sp³-hybridized carbons (Fsp3) is 0.917. The Morgan fingerprint density at radius 1 is 1.35 bits per heavy atom. The van der Waals surface area contributed by atoms with E-state index in [0.717, 1.165) is 32.5 Å². The second-order valence-corrected chi connectivity index (χ2v) is 6.46. The summed E-state index contributed by atoms with van der Waals surface area (Å²) in [6.45, 7) is 3.32. The molecule has 5 heteroatoms. The standard InChI is InChI=1S/C12H23N3OS/c13-10-3-5-15(6-4-10)9-12(16)14-8-11-2-1-7-17-11/h10-11H,1-9,13H2,(H,14,16). The van der Waals surface area contributed by atoms with E-state index in [-0.39, 0.29) is 5.91 Å². The van der Waals surface area contributed by atoms with Gasteiger partial charge >= 0.3 is 0 Å². The molecule has 3 N–H and O–H groups in total. The van der Waals surface area contributed by atoms with Gasteiger partial charge in [-0.15, -0.1) is 0 Å². The minimum atomic E-state index is 0.174. The molecule has 2 aliphatic rings. The third-order valence-corrected chi connectivity index (χ3v) is 4.95. The molecule has 2 saturated heterocycles. The number of carbonyl (C=O) groups is 1. The highest BCUT2D eigenvalue weighted by atomic mass is 32.2. The van der Waals surface area contributed by atoms with E-state index in [1.54, 1.807) is 0 Å². The van der Waals surface area contributed by atoms with E-state index in [1.165, 1.54) is 18.6 Å². The second kappa shape index (κ2) is 6.61. The van der Waals surface area contributed by atoms with Crippen LogP contribution in [0.25, 0.3) is 0 Å². The van der Waals surface area contributed by atoms with Gasteiger partial charge in [0.15, 0.2) is 0 Å². The summed E-state index contributed by atoms with van der Waals surface area (Å²) >= 11 is 1.99. The van der Waals surface area contributed by atoms with Crippen molar-refractivity contribution in [2.24, 2.45) is 5.73 Å². The van der Waals surface area contributed by atoms with Crippen molar-refractivity contribution in [3.63, 3.8) is 0 Å².